The Bertz CT molecular complexity index is 978. The van der Waals surface area contributed by atoms with Crippen molar-refractivity contribution in [3.63, 3.8) is 0 Å². The summed E-state index contributed by atoms with van der Waals surface area (Å²) in [4.78, 5) is 16.6. The highest BCUT2D eigenvalue weighted by molar-refractivity contribution is 5.86. The molecule has 1 amide bonds. The summed E-state index contributed by atoms with van der Waals surface area (Å²) in [5, 5.41) is 4.93. The molecule has 6 heteroatoms. The van der Waals surface area contributed by atoms with E-state index < -0.39 is 6.10 Å². The second-order valence-corrected chi connectivity index (χ2v) is 5.99. The van der Waals surface area contributed by atoms with Gasteiger partial charge in [0.2, 0.25) is 0 Å². The van der Waals surface area contributed by atoms with Crippen LogP contribution in [0.1, 0.15) is 12.5 Å². The minimum atomic E-state index is -0.723. The first-order valence-corrected chi connectivity index (χ1v) is 8.84. The molecule has 0 spiro atoms. The lowest BCUT2D eigenvalue weighted by atomic mass is 10.2. The second kappa shape index (κ2) is 9.32. The Balaban J connectivity index is 1.56. The molecule has 1 heterocycles. The first-order chi connectivity index (χ1) is 13.7. The third kappa shape index (κ3) is 4.94. The smallest absolute Gasteiger partial charge is 0.280 e. The molecule has 1 N–H and O–H groups in total. The zero-order valence-electron chi connectivity index (χ0n) is 15.5. The molecule has 0 radical (unpaired) electrons. The lowest BCUT2D eigenvalue weighted by Crippen LogP contribution is -2.33. The highest BCUT2D eigenvalue weighted by atomic mass is 16.5. The molecule has 2 aromatic carbocycles. The zero-order chi connectivity index (χ0) is 19.8. The number of pyridine rings is 1. The standard InChI is InChI=1S/C22H21N3O3/c1-3-14-27-19-11-9-17(10-12-19)15-24-25-22(26)16(2)28-20-8-4-6-18-7-5-13-23-21(18)20/h3-13,15-16H,1,14H2,2H3,(H,25,26)/b24-15-/t16-/m0/s1. The van der Waals surface area contributed by atoms with E-state index in [2.05, 4.69) is 22.1 Å². The lowest BCUT2D eigenvalue weighted by Gasteiger charge is -2.14. The fraction of sp³-hybridized carbons (Fsp3) is 0.136. The van der Waals surface area contributed by atoms with Crippen LogP contribution in [0.5, 0.6) is 11.5 Å². The Morgan fingerprint density at radius 1 is 1.21 bits per heavy atom. The number of carbonyl (C=O) groups is 1. The first kappa shape index (κ1) is 19.1. The van der Waals surface area contributed by atoms with E-state index in [9.17, 15) is 4.79 Å². The van der Waals surface area contributed by atoms with Gasteiger partial charge in [-0.2, -0.15) is 5.10 Å². The summed E-state index contributed by atoms with van der Waals surface area (Å²) < 4.78 is 11.2. The van der Waals surface area contributed by atoms with Crippen LogP contribution in [0.25, 0.3) is 10.9 Å². The average molecular weight is 375 g/mol. The quantitative estimate of drug-likeness (QED) is 0.370. The van der Waals surface area contributed by atoms with Crippen LogP contribution in [0.4, 0.5) is 0 Å². The molecule has 3 aromatic rings. The van der Waals surface area contributed by atoms with E-state index in [1.807, 2.05) is 48.5 Å². The number of rotatable bonds is 8. The molecule has 0 aliphatic rings. The van der Waals surface area contributed by atoms with Crippen molar-refractivity contribution in [2.45, 2.75) is 13.0 Å². The van der Waals surface area contributed by atoms with Crippen molar-refractivity contribution in [3.05, 3.63) is 79.0 Å². The van der Waals surface area contributed by atoms with E-state index in [0.717, 1.165) is 16.7 Å². The fourth-order valence-corrected chi connectivity index (χ4v) is 2.48. The molecule has 28 heavy (non-hydrogen) atoms. The normalized spacial score (nSPS) is 11.9. The van der Waals surface area contributed by atoms with E-state index in [1.54, 1.807) is 31.5 Å². The molecule has 0 saturated carbocycles. The van der Waals surface area contributed by atoms with Gasteiger partial charge in [-0.25, -0.2) is 5.43 Å². The molecule has 0 saturated heterocycles. The van der Waals surface area contributed by atoms with Crippen molar-refractivity contribution in [1.29, 1.82) is 0 Å². The molecule has 3 rings (SSSR count). The summed E-state index contributed by atoms with van der Waals surface area (Å²) in [5.74, 6) is 0.946. The Morgan fingerprint density at radius 2 is 2.00 bits per heavy atom. The number of nitrogens with one attached hydrogen (secondary N) is 1. The van der Waals surface area contributed by atoms with Crippen molar-refractivity contribution in [3.8, 4) is 11.5 Å². The molecule has 142 valence electrons. The van der Waals surface area contributed by atoms with Gasteiger partial charge in [0.05, 0.1) is 6.21 Å². The van der Waals surface area contributed by atoms with E-state index in [4.69, 9.17) is 9.47 Å². The molecule has 1 atom stereocenters. The summed E-state index contributed by atoms with van der Waals surface area (Å²) in [6.07, 6.45) is 4.21. The van der Waals surface area contributed by atoms with Crippen LogP contribution in [-0.4, -0.2) is 29.8 Å². The van der Waals surface area contributed by atoms with Gasteiger partial charge in [-0.3, -0.25) is 9.78 Å². The van der Waals surface area contributed by atoms with Crippen LogP contribution in [0, 0.1) is 0 Å². The minimum Gasteiger partial charge on any atom is -0.490 e. The highest BCUT2D eigenvalue weighted by Gasteiger charge is 2.15. The monoisotopic (exact) mass is 375 g/mol. The molecular formula is C22H21N3O3. The summed E-state index contributed by atoms with van der Waals surface area (Å²) >= 11 is 0. The van der Waals surface area contributed by atoms with Crippen LogP contribution in [0.2, 0.25) is 0 Å². The van der Waals surface area contributed by atoms with Gasteiger partial charge in [0, 0.05) is 11.6 Å². The molecule has 0 aliphatic heterocycles. The highest BCUT2D eigenvalue weighted by Crippen LogP contribution is 2.23. The maximum atomic E-state index is 12.2. The third-order valence-corrected chi connectivity index (χ3v) is 3.90. The topological polar surface area (TPSA) is 72.8 Å². The fourth-order valence-electron chi connectivity index (χ4n) is 2.48. The van der Waals surface area contributed by atoms with E-state index >= 15 is 0 Å². The average Bonchev–Trinajstić information content (AvgIpc) is 2.73. The number of fused-ring (bicyclic) bond motifs is 1. The zero-order valence-corrected chi connectivity index (χ0v) is 15.5. The number of hydrogen-bond donors (Lipinski definition) is 1. The van der Waals surface area contributed by atoms with E-state index in [0.29, 0.717) is 17.9 Å². The minimum absolute atomic E-state index is 0.352. The van der Waals surface area contributed by atoms with Crippen molar-refractivity contribution in [2.75, 3.05) is 6.61 Å². The number of aromatic nitrogens is 1. The van der Waals surface area contributed by atoms with Crippen LogP contribution >= 0.6 is 0 Å². The third-order valence-electron chi connectivity index (χ3n) is 3.90. The lowest BCUT2D eigenvalue weighted by molar-refractivity contribution is -0.127. The Kier molecular flexibility index (Phi) is 6.36. The molecule has 6 nitrogen and oxygen atoms in total. The SMILES string of the molecule is C=CCOc1ccc(/C=N\NC(=O)[C@H](C)Oc2cccc3cccnc23)cc1. The first-order valence-electron chi connectivity index (χ1n) is 8.84. The van der Waals surface area contributed by atoms with Gasteiger partial charge < -0.3 is 9.47 Å². The van der Waals surface area contributed by atoms with Crippen molar-refractivity contribution in [2.24, 2.45) is 5.10 Å². The molecule has 0 bridgehead atoms. The number of ether oxygens (including phenoxy) is 2. The predicted molar refractivity (Wildman–Crippen MR) is 110 cm³/mol. The molecule has 0 aliphatic carbocycles. The Labute approximate surface area is 163 Å². The van der Waals surface area contributed by atoms with Gasteiger partial charge in [-0.15, -0.1) is 0 Å². The van der Waals surface area contributed by atoms with Gasteiger partial charge in [0.15, 0.2) is 6.10 Å². The van der Waals surface area contributed by atoms with Gasteiger partial charge in [0.25, 0.3) is 5.91 Å². The number of para-hydroxylation sites is 1. The number of amides is 1. The van der Waals surface area contributed by atoms with Gasteiger partial charge >= 0.3 is 0 Å². The molecule has 0 unspecified atom stereocenters. The van der Waals surface area contributed by atoms with Crippen LogP contribution in [0.3, 0.4) is 0 Å². The predicted octanol–water partition coefficient (Wildman–Crippen LogP) is 3.72. The van der Waals surface area contributed by atoms with Crippen LogP contribution in [-0.2, 0) is 4.79 Å². The van der Waals surface area contributed by atoms with Crippen molar-refractivity contribution < 1.29 is 14.3 Å². The number of hydrogen-bond acceptors (Lipinski definition) is 5. The number of hydrazone groups is 1. The maximum absolute atomic E-state index is 12.2. The van der Waals surface area contributed by atoms with Gasteiger partial charge in [-0.05, 0) is 48.9 Å². The number of nitrogens with zero attached hydrogens (tertiary/aromatic N) is 2. The maximum Gasteiger partial charge on any atom is 0.280 e. The van der Waals surface area contributed by atoms with Crippen LogP contribution in [0.15, 0.2) is 78.6 Å². The second-order valence-electron chi connectivity index (χ2n) is 5.99. The summed E-state index contributed by atoms with van der Waals surface area (Å²) in [6, 6.07) is 16.7. The molecule has 1 aromatic heterocycles. The summed E-state index contributed by atoms with van der Waals surface area (Å²) in [7, 11) is 0. The van der Waals surface area contributed by atoms with Gasteiger partial charge in [0.1, 0.15) is 23.6 Å². The Hall–Kier alpha value is -3.67. The number of benzene rings is 2. The summed E-state index contributed by atoms with van der Waals surface area (Å²) in [5.41, 5.74) is 4.04. The number of carbonyl (C=O) groups excluding carboxylic acids is 1. The summed E-state index contributed by atoms with van der Waals surface area (Å²) in [6.45, 7) is 5.72. The van der Waals surface area contributed by atoms with Crippen molar-refractivity contribution in [1.82, 2.24) is 10.4 Å². The van der Waals surface area contributed by atoms with Gasteiger partial charge in [-0.1, -0.05) is 30.9 Å². The van der Waals surface area contributed by atoms with Crippen molar-refractivity contribution >= 4 is 23.0 Å². The Morgan fingerprint density at radius 3 is 2.79 bits per heavy atom. The van der Waals surface area contributed by atoms with E-state index in [1.165, 1.54) is 0 Å². The van der Waals surface area contributed by atoms with Crippen LogP contribution < -0.4 is 14.9 Å². The van der Waals surface area contributed by atoms with E-state index in [-0.39, 0.29) is 5.91 Å². The largest absolute Gasteiger partial charge is 0.490 e. The molecule has 0 fully saturated rings. The molecular weight excluding hydrogens is 354 g/mol.